The monoisotopic (exact) mass is 259 g/mol. The smallest absolute Gasteiger partial charge is 0.408 e. The highest BCUT2D eigenvalue weighted by Crippen LogP contribution is 2.11. The molecule has 2 N–H and O–H groups in total. The SMILES string of the molecule is CC1NSN=C1C(=O)CNC(=O)OC(C)(C)C. The molecule has 6 nitrogen and oxygen atoms in total. The number of carbonyl (C=O) groups excluding carboxylic acids is 2. The molecule has 1 aliphatic heterocycles. The largest absolute Gasteiger partial charge is 0.444 e. The number of alkyl carbamates (subject to hydrolysis) is 1. The zero-order chi connectivity index (χ0) is 13.1. The number of hydrogen-bond donors (Lipinski definition) is 2. The summed E-state index contributed by atoms with van der Waals surface area (Å²) >= 11 is 1.14. The minimum absolute atomic E-state index is 0.0899. The minimum Gasteiger partial charge on any atom is -0.444 e. The van der Waals surface area contributed by atoms with Crippen molar-refractivity contribution in [3.05, 3.63) is 0 Å². The number of Topliss-reactive ketones (excluding diaryl/α,β-unsaturated/α-hetero) is 1. The van der Waals surface area contributed by atoms with Crippen molar-refractivity contribution < 1.29 is 14.3 Å². The number of ketones is 1. The second kappa shape index (κ2) is 5.50. The van der Waals surface area contributed by atoms with Gasteiger partial charge in [-0.3, -0.25) is 4.79 Å². The van der Waals surface area contributed by atoms with Gasteiger partial charge >= 0.3 is 6.09 Å². The van der Waals surface area contributed by atoms with Crippen LogP contribution in [0.1, 0.15) is 27.7 Å². The fraction of sp³-hybridized carbons (Fsp3) is 0.700. The molecule has 0 aromatic rings. The maximum absolute atomic E-state index is 11.7. The molecule has 0 aromatic heterocycles. The Labute approximate surface area is 105 Å². The van der Waals surface area contributed by atoms with Crippen molar-refractivity contribution in [3.8, 4) is 0 Å². The van der Waals surface area contributed by atoms with Crippen LogP contribution < -0.4 is 10.0 Å². The molecule has 0 saturated carbocycles. The van der Waals surface area contributed by atoms with E-state index in [1.807, 2.05) is 6.92 Å². The highest BCUT2D eigenvalue weighted by molar-refractivity contribution is 7.96. The first-order valence-electron chi connectivity index (χ1n) is 5.29. The molecular formula is C10H17N3O3S. The van der Waals surface area contributed by atoms with Gasteiger partial charge in [-0.2, -0.15) is 4.40 Å². The summed E-state index contributed by atoms with van der Waals surface area (Å²) < 4.78 is 11.9. The standard InChI is InChI=1S/C10H17N3O3S/c1-6-8(13-17-12-6)7(14)5-11-9(15)16-10(2,3)4/h6,12H,5H2,1-4H3,(H,11,15). The van der Waals surface area contributed by atoms with Crippen LogP contribution in [0.5, 0.6) is 0 Å². The molecule has 0 bridgehead atoms. The van der Waals surface area contributed by atoms with Crippen LogP contribution in [0.4, 0.5) is 4.79 Å². The predicted molar refractivity (Wildman–Crippen MR) is 66.9 cm³/mol. The molecule has 7 heteroatoms. The molecule has 1 unspecified atom stereocenters. The summed E-state index contributed by atoms with van der Waals surface area (Å²) in [7, 11) is 0. The molecule has 1 atom stereocenters. The van der Waals surface area contributed by atoms with E-state index in [1.54, 1.807) is 20.8 Å². The molecule has 0 fully saturated rings. The van der Waals surface area contributed by atoms with Gasteiger partial charge in [-0.15, -0.1) is 0 Å². The summed E-state index contributed by atoms with van der Waals surface area (Å²) in [5.74, 6) is -0.208. The molecule has 96 valence electrons. The fourth-order valence-electron chi connectivity index (χ4n) is 1.14. The van der Waals surface area contributed by atoms with Gasteiger partial charge in [0.15, 0.2) is 5.78 Å². The van der Waals surface area contributed by atoms with Crippen LogP contribution in [0.15, 0.2) is 4.40 Å². The number of carbonyl (C=O) groups is 2. The lowest BCUT2D eigenvalue weighted by molar-refractivity contribution is -0.112. The van der Waals surface area contributed by atoms with Crippen molar-refractivity contribution >= 4 is 29.7 Å². The molecule has 0 radical (unpaired) electrons. The third kappa shape index (κ3) is 4.74. The molecule has 1 aliphatic rings. The van der Waals surface area contributed by atoms with Crippen molar-refractivity contribution in [1.29, 1.82) is 0 Å². The van der Waals surface area contributed by atoms with E-state index >= 15 is 0 Å². The van der Waals surface area contributed by atoms with E-state index in [0.717, 1.165) is 12.1 Å². The van der Waals surface area contributed by atoms with Gasteiger partial charge in [0.1, 0.15) is 11.3 Å². The number of hydrogen-bond acceptors (Lipinski definition) is 6. The van der Waals surface area contributed by atoms with Gasteiger partial charge in [0, 0.05) is 0 Å². The molecule has 1 heterocycles. The summed E-state index contributed by atoms with van der Waals surface area (Å²) in [6, 6.07) is -0.0899. The Kier molecular flexibility index (Phi) is 4.53. The van der Waals surface area contributed by atoms with Crippen LogP contribution in [-0.2, 0) is 9.53 Å². The van der Waals surface area contributed by atoms with Crippen LogP contribution in [-0.4, -0.2) is 35.8 Å². The highest BCUT2D eigenvalue weighted by Gasteiger charge is 2.24. The van der Waals surface area contributed by atoms with Gasteiger partial charge in [0.05, 0.1) is 24.7 Å². The van der Waals surface area contributed by atoms with Gasteiger partial charge in [-0.25, -0.2) is 9.52 Å². The zero-order valence-electron chi connectivity index (χ0n) is 10.4. The molecule has 0 aliphatic carbocycles. The summed E-state index contributed by atoms with van der Waals surface area (Å²) in [5, 5.41) is 2.41. The number of amides is 1. The summed E-state index contributed by atoms with van der Waals surface area (Å²) in [4.78, 5) is 23.0. The average molecular weight is 259 g/mol. The van der Waals surface area contributed by atoms with Crippen LogP contribution in [0, 0.1) is 0 Å². The molecule has 0 spiro atoms. The van der Waals surface area contributed by atoms with Crippen molar-refractivity contribution in [3.63, 3.8) is 0 Å². The Hall–Kier alpha value is -1.08. The summed E-state index contributed by atoms with van der Waals surface area (Å²) in [5.41, 5.74) is -0.131. The Morgan fingerprint density at radius 2 is 2.18 bits per heavy atom. The van der Waals surface area contributed by atoms with Gasteiger partial charge in [0.2, 0.25) is 0 Å². The molecule has 1 rings (SSSR count). The number of ether oxygens (including phenoxy) is 1. The van der Waals surface area contributed by atoms with Crippen LogP contribution in [0.3, 0.4) is 0 Å². The van der Waals surface area contributed by atoms with Crippen molar-refractivity contribution in [2.75, 3.05) is 6.54 Å². The maximum atomic E-state index is 11.7. The van der Waals surface area contributed by atoms with Gasteiger partial charge in [-0.1, -0.05) is 0 Å². The van der Waals surface area contributed by atoms with E-state index in [4.69, 9.17) is 4.74 Å². The van der Waals surface area contributed by atoms with E-state index in [-0.39, 0.29) is 18.4 Å². The first-order chi connectivity index (χ1) is 7.79. The van der Waals surface area contributed by atoms with Gasteiger partial charge in [-0.05, 0) is 27.7 Å². The fourth-order valence-corrected chi connectivity index (χ4v) is 1.82. The van der Waals surface area contributed by atoms with Crippen molar-refractivity contribution in [2.24, 2.45) is 4.40 Å². The number of rotatable bonds is 3. The normalized spacial score (nSPS) is 19.8. The predicted octanol–water partition coefficient (Wildman–Crippen LogP) is 1.08. The van der Waals surface area contributed by atoms with Crippen LogP contribution >= 0.6 is 12.1 Å². The maximum Gasteiger partial charge on any atom is 0.408 e. The third-order valence-electron chi connectivity index (χ3n) is 1.86. The Morgan fingerprint density at radius 1 is 1.53 bits per heavy atom. The Balaban J connectivity index is 2.36. The lowest BCUT2D eigenvalue weighted by atomic mass is 10.1. The van der Waals surface area contributed by atoms with E-state index < -0.39 is 11.7 Å². The lowest BCUT2D eigenvalue weighted by Crippen LogP contribution is -2.40. The molecule has 0 saturated heterocycles. The second-order valence-corrected chi connectivity index (χ2v) is 5.29. The van der Waals surface area contributed by atoms with E-state index in [9.17, 15) is 9.59 Å². The molecule has 0 aromatic carbocycles. The quantitative estimate of drug-likeness (QED) is 0.741. The topological polar surface area (TPSA) is 79.8 Å². The summed E-state index contributed by atoms with van der Waals surface area (Å²) in [6.45, 7) is 7.03. The van der Waals surface area contributed by atoms with Crippen LogP contribution in [0.2, 0.25) is 0 Å². The first-order valence-corrected chi connectivity index (χ1v) is 6.06. The lowest BCUT2D eigenvalue weighted by Gasteiger charge is -2.19. The third-order valence-corrected chi connectivity index (χ3v) is 2.61. The second-order valence-electron chi connectivity index (χ2n) is 4.69. The Morgan fingerprint density at radius 3 is 2.65 bits per heavy atom. The molecule has 17 heavy (non-hydrogen) atoms. The first kappa shape index (κ1) is 14.0. The van der Waals surface area contributed by atoms with E-state index in [2.05, 4.69) is 14.4 Å². The number of nitrogens with one attached hydrogen (secondary N) is 2. The van der Waals surface area contributed by atoms with E-state index in [1.165, 1.54) is 0 Å². The Bertz CT molecular complexity index is 349. The van der Waals surface area contributed by atoms with Gasteiger partial charge in [0.25, 0.3) is 0 Å². The highest BCUT2D eigenvalue weighted by atomic mass is 32.2. The van der Waals surface area contributed by atoms with Crippen molar-refractivity contribution in [1.82, 2.24) is 10.0 Å². The summed E-state index contributed by atoms with van der Waals surface area (Å²) in [6.07, 6.45) is -0.599. The van der Waals surface area contributed by atoms with Crippen LogP contribution in [0.25, 0.3) is 0 Å². The molecule has 1 amide bonds. The zero-order valence-corrected chi connectivity index (χ0v) is 11.2. The minimum atomic E-state index is -0.599. The molecular weight excluding hydrogens is 242 g/mol. The van der Waals surface area contributed by atoms with E-state index in [0.29, 0.717) is 5.71 Å². The average Bonchev–Trinajstić information content (AvgIpc) is 2.58. The number of nitrogens with zero attached hydrogens (tertiary/aromatic N) is 1. The van der Waals surface area contributed by atoms with Crippen molar-refractivity contribution in [2.45, 2.75) is 39.3 Å². The van der Waals surface area contributed by atoms with Gasteiger partial charge < -0.3 is 10.1 Å².